The van der Waals surface area contributed by atoms with Crippen molar-refractivity contribution in [3.63, 3.8) is 0 Å². The van der Waals surface area contributed by atoms with Crippen molar-refractivity contribution in [2.75, 3.05) is 32.8 Å². The van der Waals surface area contributed by atoms with E-state index in [2.05, 4.69) is 55.3 Å². The van der Waals surface area contributed by atoms with E-state index in [9.17, 15) is 4.79 Å². The van der Waals surface area contributed by atoms with Gasteiger partial charge in [0.2, 0.25) is 0 Å². The van der Waals surface area contributed by atoms with Gasteiger partial charge in [0, 0.05) is 32.1 Å². The van der Waals surface area contributed by atoms with Crippen LogP contribution in [0.4, 0.5) is 0 Å². The van der Waals surface area contributed by atoms with Gasteiger partial charge in [-0.15, -0.1) is 24.0 Å². The maximum atomic E-state index is 11.9. The minimum absolute atomic E-state index is 0. The lowest BCUT2D eigenvalue weighted by atomic mass is 9.97. The molecule has 0 radical (unpaired) electrons. The van der Waals surface area contributed by atoms with Gasteiger partial charge in [-0.2, -0.15) is 0 Å². The Morgan fingerprint density at radius 2 is 2.04 bits per heavy atom. The van der Waals surface area contributed by atoms with Crippen LogP contribution in [0.3, 0.4) is 0 Å². The van der Waals surface area contributed by atoms with Crippen LogP contribution in [0.2, 0.25) is 0 Å². The first-order valence-electron chi connectivity index (χ1n) is 9.81. The number of halogens is 1. The van der Waals surface area contributed by atoms with E-state index in [1.165, 1.54) is 11.1 Å². The molecule has 1 fully saturated rings. The number of ether oxygens (including phenoxy) is 1. The van der Waals surface area contributed by atoms with E-state index in [1.807, 2.05) is 6.92 Å². The summed E-state index contributed by atoms with van der Waals surface area (Å²) in [5, 5.41) is 3.40. The second-order valence-electron chi connectivity index (χ2n) is 7.02. The summed E-state index contributed by atoms with van der Waals surface area (Å²) in [5.41, 5.74) is 2.61. The first-order valence-corrected chi connectivity index (χ1v) is 9.81. The fourth-order valence-electron chi connectivity index (χ4n) is 3.32. The molecule has 0 aliphatic carbocycles. The summed E-state index contributed by atoms with van der Waals surface area (Å²) in [7, 11) is 0. The van der Waals surface area contributed by atoms with Crippen molar-refractivity contribution < 1.29 is 9.53 Å². The summed E-state index contributed by atoms with van der Waals surface area (Å²) in [6.07, 6.45) is 1.66. The number of nitrogens with zero attached hydrogens (tertiary/aromatic N) is 2. The number of carbonyl (C=O) groups is 1. The Labute approximate surface area is 181 Å². The molecule has 1 aromatic rings. The molecule has 27 heavy (non-hydrogen) atoms. The number of nitrogens with one attached hydrogen (secondary N) is 1. The van der Waals surface area contributed by atoms with Gasteiger partial charge in [0.05, 0.1) is 12.5 Å². The Hall–Kier alpha value is -1.31. The number of carbonyl (C=O) groups excluding carboxylic acids is 1. The monoisotopic (exact) mass is 487 g/mol. The fraction of sp³-hybridized carbons (Fsp3) is 0.619. The number of hydrogen-bond acceptors (Lipinski definition) is 3. The van der Waals surface area contributed by atoms with Crippen LogP contribution >= 0.6 is 24.0 Å². The zero-order valence-electron chi connectivity index (χ0n) is 17.0. The third kappa shape index (κ3) is 7.31. The lowest BCUT2D eigenvalue weighted by molar-refractivity contribution is -0.149. The summed E-state index contributed by atoms with van der Waals surface area (Å²) in [6, 6.07) is 8.64. The molecule has 0 aromatic heterocycles. The first kappa shape index (κ1) is 23.7. The van der Waals surface area contributed by atoms with E-state index in [4.69, 9.17) is 9.73 Å². The number of piperidine rings is 1. The molecule has 1 saturated heterocycles. The molecular weight excluding hydrogens is 453 g/mol. The number of esters is 1. The van der Waals surface area contributed by atoms with Gasteiger partial charge in [0.15, 0.2) is 5.96 Å². The molecule has 0 bridgehead atoms. The van der Waals surface area contributed by atoms with Gasteiger partial charge < -0.3 is 15.0 Å². The van der Waals surface area contributed by atoms with Crippen molar-refractivity contribution in [1.82, 2.24) is 10.2 Å². The van der Waals surface area contributed by atoms with Crippen molar-refractivity contribution >= 4 is 35.9 Å². The quantitative estimate of drug-likeness (QED) is 0.286. The van der Waals surface area contributed by atoms with Crippen molar-refractivity contribution in [2.45, 2.75) is 46.5 Å². The van der Waals surface area contributed by atoms with Gasteiger partial charge >= 0.3 is 5.97 Å². The molecule has 0 spiro atoms. The Morgan fingerprint density at radius 3 is 2.63 bits per heavy atom. The van der Waals surface area contributed by atoms with E-state index in [0.29, 0.717) is 12.5 Å². The van der Waals surface area contributed by atoms with Crippen LogP contribution in [-0.4, -0.2) is 49.6 Å². The Balaban J connectivity index is 0.00000364. The van der Waals surface area contributed by atoms with Crippen LogP contribution in [0.5, 0.6) is 0 Å². The van der Waals surface area contributed by atoms with Crippen molar-refractivity contribution in [3.8, 4) is 0 Å². The summed E-state index contributed by atoms with van der Waals surface area (Å²) in [5.74, 6) is 1.30. The Bertz CT molecular complexity index is 613. The highest BCUT2D eigenvalue weighted by Gasteiger charge is 2.27. The van der Waals surface area contributed by atoms with E-state index in [-0.39, 0.29) is 35.9 Å². The van der Waals surface area contributed by atoms with Gasteiger partial charge in [0.25, 0.3) is 0 Å². The van der Waals surface area contributed by atoms with Crippen LogP contribution in [0, 0.1) is 12.8 Å². The van der Waals surface area contributed by atoms with Crippen LogP contribution in [0.25, 0.3) is 0 Å². The molecule has 0 amide bonds. The van der Waals surface area contributed by atoms with Crippen molar-refractivity contribution in [2.24, 2.45) is 10.9 Å². The molecule has 0 saturated carbocycles. The molecule has 6 heteroatoms. The fourth-order valence-corrected chi connectivity index (χ4v) is 3.32. The zero-order valence-corrected chi connectivity index (χ0v) is 19.4. The van der Waals surface area contributed by atoms with Gasteiger partial charge in [-0.1, -0.05) is 36.8 Å². The first-order chi connectivity index (χ1) is 12.5. The number of rotatable bonds is 6. The molecule has 1 aliphatic heterocycles. The molecule has 1 atom stereocenters. The Kier molecular flexibility index (Phi) is 10.7. The Morgan fingerprint density at radius 1 is 1.33 bits per heavy atom. The molecule has 2 rings (SSSR count). The number of aliphatic imine (C=N–C) groups is 1. The largest absolute Gasteiger partial charge is 0.466 e. The predicted molar refractivity (Wildman–Crippen MR) is 122 cm³/mol. The summed E-state index contributed by atoms with van der Waals surface area (Å²) < 4.78 is 5.16. The van der Waals surface area contributed by atoms with Crippen LogP contribution in [0.1, 0.15) is 50.7 Å². The van der Waals surface area contributed by atoms with Gasteiger partial charge in [-0.05, 0) is 39.2 Å². The maximum absolute atomic E-state index is 11.9. The van der Waals surface area contributed by atoms with Crippen LogP contribution in [-0.2, 0) is 9.53 Å². The number of benzene rings is 1. The second kappa shape index (κ2) is 12.2. The second-order valence-corrected chi connectivity index (χ2v) is 7.02. The normalized spacial score (nSPS) is 16.4. The maximum Gasteiger partial charge on any atom is 0.309 e. The summed E-state index contributed by atoms with van der Waals surface area (Å²) in [4.78, 5) is 19.0. The minimum Gasteiger partial charge on any atom is -0.466 e. The predicted octanol–water partition coefficient (Wildman–Crippen LogP) is 3.96. The molecule has 5 nitrogen and oxygen atoms in total. The van der Waals surface area contributed by atoms with E-state index in [0.717, 1.165) is 45.0 Å². The van der Waals surface area contributed by atoms with E-state index in [1.54, 1.807) is 0 Å². The lowest BCUT2D eigenvalue weighted by Crippen LogP contribution is -2.46. The smallest absolute Gasteiger partial charge is 0.309 e. The van der Waals surface area contributed by atoms with E-state index < -0.39 is 0 Å². The highest BCUT2D eigenvalue weighted by Crippen LogP contribution is 2.20. The molecular formula is C21H34IN3O2. The molecule has 1 aliphatic rings. The molecule has 1 aromatic carbocycles. The van der Waals surface area contributed by atoms with E-state index >= 15 is 0 Å². The topological polar surface area (TPSA) is 53.9 Å². The number of aryl methyl sites for hydroxylation is 1. The molecule has 152 valence electrons. The van der Waals surface area contributed by atoms with Gasteiger partial charge in [-0.3, -0.25) is 9.79 Å². The van der Waals surface area contributed by atoms with Gasteiger partial charge in [0.1, 0.15) is 0 Å². The van der Waals surface area contributed by atoms with Crippen LogP contribution in [0.15, 0.2) is 29.3 Å². The molecule has 1 N–H and O–H groups in total. The number of likely N-dealkylation sites (tertiary alicyclic amines) is 1. The SMILES string of the molecule is CCNC(=NCC(C)c1cccc(C)c1)N1CCC(C(=O)OCC)CC1.I. The van der Waals surface area contributed by atoms with Crippen LogP contribution < -0.4 is 5.32 Å². The third-order valence-electron chi connectivity index (χ3n) is 4.88. The minimum atomic E-state index is -0.0536. The van der Waals surface area contributed by atoms with Crippen molar-refractivity contribution in [3.05, 3.63) is 35.4 Å². The highest BCUT2D eigenvalue weighted by molar-refractivity contribution is 14.0. The molecule has 1 unspecified atom stereocenters. The van der Waals surface area contributed by atoms with Gasteiger partial charge in [-0.25, -0.2) is 0 Å². The standard InChI is InChI=1S/C21H33N3O2.HI/c1-5-22-21(23-15-17(4)19-9-7-8-16(3)14-19)24-12-10-18(11-13-24)20(25)26-6-2;/h7-9,14,17-18H,5-6,10-13,15H2,1-4H3,(H,22,23);1H. The zero-order chi connectivity index (χ0) is 18.9. The average molecular weight is 487 g/mol. The number of guanidine groups is 1. The summed E-state index contributed by atoms with van der Waals surface area (Å²) in [6.45, 7) is 12.0. The lowest BCUT2D eigenvalue weighted by Gasteiger charge is -2.33. The van der Waals surface area contributed by atoms with Crippen molar-refractivity contribution in [1.29, 1.82) is 0 Å². The third-order valence-corrected chi connectivity index (χ3v) is 4.88. The average Bonchev–Trinajstić information content (AvgIpc) is 2.65. The number of hydrogen-bond donors (Lipinski definition) is 1. The molecule has 1 heterocycles. The highest BCUT2D eigenvalue weighted by atomic mass is 127. The summed E-state index contributed by atoms with van der Waals surface area (Å²) >= 11 is 0.